The zero-order valence-corrected chi connectivity index (χ0v) is 34.9. The summed E-state index contributed by atoms with van der Waals surface area (Å²) in [7, 11) is 4.97. The smallest absolute Gasteiger partial charge is 0.327 e. The number of nitrogens with one attached hydrogen (secondary N) is 2. The van der Waals surface area contributed by atoms with E-state index >= 15 is 0 Å². The van der Waals surface area contributed by atoms with Gasteiger partial charge in [0.25, 0.3) is 0 Å². The summed E-state index contributed by atoms with van der Waals surface area (Å²) in [6.45, 7) is 7.99. The monoisotopic (exact) mass is 809 g/mol. The third-order valence-electron chi connectivity index (χ3n) is 11.1. The highest BCUT2D eigenvalue weighted by Gasteiger charge is 2.42. The number of ether oxygens (including phenoxy) is 7. The molecule has 0 bridgehead atoms. The molecule has 2 unspecified atom stereocenters. The number of fused-ring (bicyclic) bond motifs is 3. The van der Waals surface area contributed by atoms with Gasteiger partial charge in [-0.15, -0.1) is 0 Å². The lowest BCUT2D eigenvalue weighted by Gasteiger charge is -2.44. The van der Waals surface area contributed by atoms with Gasteiger partial charge in [-0.25, -0.2) is 4.79 Å². The standard InChI is InChI=1S/C42H55N3O11S/c1-22-16-27-10-9-13-45(30(20-57-8)36(43-5)34(27)37(48)38(22)51-7)29(33-23(2)39(56-25(4)47)24(3)40-41(33)55-21-54-40)19-53-42(49)35-28-18-31(50-6)32(52-15-14-46)17-26(28)11-12-44-35/h16-18,29-30,35-36,43-44,46,48H,9-15,19-21H2,1-8H3/t29-,30?,35?,36-/m0/s1. The molecule has 0 saturated carbocycles. The van der Waals surface area contributed by atoms with Crippen molar-refractivity contribution in [2.24, 2.45) is 0 Å². The number of hydrogen-bond donors (Lipinski definition) is 4. The molecule has 3 aliphatic heterocycles. The van der Waals surface area contributed by atoms with Crippen LogP contribution in [0, 0.1) is 20.8 Å². The molecule has 15 heteroatoms. The van der Waals surface area contributed by atoms with E-state index in [1.807, 2.05) is 40.1 Å². The fraction of sp³-hybridized carbons (Fsp3) is 0.524. The number of aliphatic hydroxyl groups is 1. The van der Waals surface area contributed by atoms with Gasteiger partial charge in [-0.2, -0.15) is 11.8 Å². The van der Waals surface area contributed by atoms with Crippen molar-refractivity contribution in [1.82, 2.24) is 15.5 Å². The molecule has 6 rings (SSSR count). The van der Waals surface area contributed by atoms with Crippen LogP contribution in [0.4, 0.5) is 0 Å². The van der Waals surface area contributed by atoms with E-state index in [1.165, 1.54) is 14.0 Å². The molecule has 4 atom stereocenters. The number of rotatable bonds is 14. The molecule has 0 radical (unpaired) electrons. The molecule has 0 aliphatic carbocycles. The SMILES string of the molecule is CN[C@@H]1c2c(cc(C)c(OC)c2O)CCCN([C@@H](COC(=O)C2NCCc3cc(OCCO)c(OC)cc32)c2c(C)c(OC(C)=O)c(C)c3c2OCO3)C1CSC. The molecule has 14 nitrogen and oxygen atoms in total. The molecular weight excluding hydrogens is 755 g/mol. The molecular formula is C42H55N3O11S. The number of methoxy groups -OCH3 is 2. The van der Waals surface area contributed by atoms with Gasteiger partial charge in [0, 0.05) is 47.5 Å². The molecule has 310 valence electrons. The van der Waals surface area contributed by atoms with E-state index in [-0.39, 0.29) is 44.4 Å². The van der Waals surface area contributed by atoms with Crippen LogP contribution in [0.1, 0.15) is 76.0 Å². The molecule has 0 spiro atoms. The Labute approximate surface area is 338 Å². The number of thioether (sulfide) groups is 1. The fourth-order valence-corrected chi connectivity index (χ4v) is 9.41. The molecule has 0 aromatic heterocycles. The van der Waals surface area contributed by atoms with Crippen LogP contribution < -0.4 is 39.1 Å². The van der Waals surface area contributed by atoms with Gasteiger partial charge in [-0.05, 0) is 94.3 Å². The van der Waals surface area contributed by atoms with Crippen molar-refractivity contribution in [3.05, 3.63) is 62.7 Å². The van der Waals surface area contributed by atoms with E-state index in [9.17, 15) is 19.8 Å². The summed E-state index contributed by atoms with van der Waals surface area (Å²) < 4.78 is 41.5. The number of aliphatic hydroxyl groups excluding tert-OH is 1. The number of likely N-dealkylation sites (N-methyl/N-ethyl adjacent to an activating group) is 1. The summed E-state index contributed by atoms with van der Waals surface area (Å²) in [6.07, 6.45) is 4.10. The first-order valence-electron chi connectivity index (χ1n) is 19.3. The maximum atomic E-state index is 14.4. The van der Waals surface area contributed by atoms with E-state index in [1.54, 1.807) is 24.9 Å². The van der Waals surface area contributed by atoms with Gasteiger partial charge in [0.15, 0.2) is 34.5 Å². The van der Waals surface area contributed by atoms with Crippen LogP contribution in [0.15, 0.2) is 18.2 Å². The fourth-order valence-electron chi connectivity index (χ4n) is 8.69. The van der Waals surface area contributed by atoms with Crippen LogP contribution in [0.3, 0.4) is 0 Å². The first-order valence-corrected chi connectivity index (χ1v) is 20.7. The van der Waals surface area contributed by atoms with Gasteiger partial charge in [-0.1, -0.05) is 6.07 Å². The minimum absolute atomic E-state index is 0.0267. The minimum atomic E-state index is -0.796. The van der Waals surface area contributed by atoms with Crippen molar-refractivity contribution in [2.75, 3.05) is 73.0 Å². The van der Waals surface area contributed by atoms with Crippen LogP contribution in [-0.2, 0) is 27.2 Å². The number of nitrogens with zero attached hydrogens (tertiary/aromatic N) is 1. The Hall–Kier alpha value is -4.41. The van der Waals surface area contributed by atoms with Crippen molar-refractivity contribution >= 4 is 23.7 Å². The predicted octanol–water partition coefficient (Wildman–Crippen LogP) is 4.77. The second-order valence-corrected chi connectivity index (χ2v) is 15.4. The molecule has 3 aromatic rings. The maximum Gasteiger partial charge on any atom is 0.327 e. The van der Waals surface area contributed by atoms with E-state index < -0.39 is 24.0 Å². The summed E-state index contributed by atoms with van der Waals surface area (Å²) in [6, 6.07) is 3.71. The third kappa shape index (κ3) is 8.31. The maximum absolute atomic E-state index is 14.4. The number of carbonyl (C=O) groups excluding carboxylic acids is 2. The van der Waals surface area contributed by atoms with Crippen molar-refractivity contribution < 1.29 is 53.0 Å². The van der Waals surface area contributed by atoms with E-state index in [4.69, 9.17) is 33.2 Å². The van der Waals surface area contributed by atoms with Crippen molar-refractivity contribution in [3.8, 4) is 40.2 Å². The van der Waals surface area contributed by atoms with Crippen molar-refractivity contribution in [2.45, 2.75) is 71.1 Å². The summed E-state index contributed by atoms with van der Waals surface area (Å²) in [4.78, 5) is 29.2. The third-order valence-corrected chi connectivity index (χ3v) is 11.8. The topological polar surface area (TPSA) is 167 Å². The van der Waals surface area contributed by atoms with Crippen LogP contribution in [0.2, 0.25) is 0 Å². The first kappa shape index (κ1) is 42.2. The number of esters is 2. The number of phenols is 1. The molecule has 57 heavy (non-hydrogen) atoms. The van der Waals surface area contributed by atoms with E-state index in [2.05, 4.69) is 21.6 Å². The quantitative estimate of drug-likeness (QED) is 0.130. The molecule has 0 saturated heterocycles. The van der Waals surface area contributed by atoms with Gasteiger partial charge in [0.05, 0.1) is 32.9 Å². The predicted molar refractivity (Wildman–Crippen MR) is 215 cm³/mol. The number of hydrogen-bond acceptors (Lipinski definition) is 15. The van der Waals surface area contributed by atoms with Gasteiger partial charge >= 0.3 is 11.9 Å². The van der Waals surface area contributed by atoms with Crippen LogP contribution in [0.25, 0.3) is 0 Å². The van der Waals surface area contributed by atoms with Gasteiger partial charge in [-0.3, -0.25) is 9.69 Å². The molecule has 0 amide bonds. The summed E-state index contributed by atoms with van der Waals surface area (Å²) in [5.74, 6) is 2.50. The van der Waals surface area contributed by atoms with Crippen LogP contribution >= 0.6 is 11.8 Å². The Bertz CT molecular complexity index is 1970. The zero-order chi connectivity index (χ0) is 41.0. The summed E-state index contributed by atoms with van der Waals surface area (Å²) in [5.41, 5.74) is 6.29. The van der Waals surface area contributed by atoms with Crippen LogP contribution in [0.5, 0.6) is 40.2 Å². The Morgan fingerprint density at radius 2 is 1.81 bits per heavy atom. The second-order valence-electron chi connectivity index (χ2n) is 14.5. The number of carbonyl (C=O) groups is 2. The lowest BCUT2D eigenvalue weighted by Crippen LogP contribution is -2.50. The van der Waals surface area contributed by atoms with E-state index in [0.717, 1.165) is 34.2 Å². The van der Waals surface area contributed by atoms with Crippen molar-refractivity contribution in [1.29, 1.82) is 0 Å². The molecule has 4 N–H and O–H groups in total. The molecule has 3 aromatic carbocycles. The largest absolute Gasteiger partial charge is 0.504 e. The van der Waals surface area contributed by atoms with Gasteiger partial charge < -0.3 is 54.0 Å². The highest BCUT2D eigenvalue weighted by molar-refractivity contribution is 7.98. The lowest BCUT2D eigenvalue weighted by atomic mass is 9.85. The highest BCUT2D eigenvalue weighted by atomic mass is 32.2. The summed E-state index contributed by atoms with van der Waals surface area (Å²) in [5, 5.41) is 28.0. The number of aryl methyl sites for hydroxylation is 2. The Balaban J connectivity index is 1.47. The zero-order valence-electron chi connectivity index (χ0n) is 34.0. The van der Waals surface area contributed by atoms with E-state index in [0.29, 0.717) is 82.9 Å². The highest BCUT2D eigenvalue weighted by Crippen LogP contribution is 2.51. The normalized spacial score (nSPS) is 19.4. The average molecular weight is 810 g/mol. The van der Waals surface area contributed by atoms with Crippen molar-refractivity contribution in [3.63, 3.8) is 0 Å². The van der Waals surface area contributed by atoms with Gasteiger partial charge in [0.2, 0.25) is 6.79 Å². The molecule has 0 fully saturated rings. The number of benzene rings is 3. The minimum Gasteiger partial charge on any atom is -0.504 e. The van der Waals surface area contributed by atoms with Crippen LogP contribution in [-0.4, -0.2) is 106 Å². The van der Waals surface area contributed by atoms with Gasteiger partial charge in [0.1, 0.15) is 25.0 Å². The lowest BCUT2D eigenvalue weighted by molar-refractivity contribution is -0.149. The first-order chi connectivity index (χ1) is 27.5. The second kappa shape index (κ2) is 18.5. The molecule has 3 heterocycles. The number of aromatic hydroxyl groups is 1. The Morgan fingerprint density at radius 1 is 1.04 bits per heavy atom. The number of phenolic OH excluding ortho intramolecular Hbond substituents is 1. The molecule has 3 aliphatic rings. The Morgan fingerprint density at radius 3 is 2.49 bits per heavy atom. The average Bonchev–Trinajstić information content (AvgIpc) is 3.68. The Kier molecular flexibility index (Phi) is 13.7. The summed E-state index contributed by atoms with van der Waals surface area (Å²) >= 11 is 1.67.